The molecule has 138 valence electrons. The van der Waals surface area contributed by atoms with Crippen LogP contribution in [0.25, 0.3) is 16.7 Å². The summed E-state index contributed by atoms with van der Waals surface area (Å²) in [5.74, 6) is -1.70. The molecule has 0 saturated carbocycles. The Morgan fingerprint density at radius 2 is 1.85 bits per heavy atom. The number of allylic oxidation sites excluding steroid dienone is 1. The number of carbonyl (C=O) groups is 1. The number of benzene rings is 2. The van der Waals surface area contributed by atoms with E-state index in [2.05, 4.69) is 13.5 Å². The minimum atomic E-state index is -1.19. The quantitative estimate of drug-likeness (QED) is 0.571. The van der Waals surface area contributed by atoms with Gasteiger partial charge in [-0.3, -0.25) is 0 Å². The van der Waals surface area contributed by atoms with Gasteiger partial charge in [-0.2, -0.15) is 0 Å². The summed E-state index contributed by atoms with van der Waals surface area (Å²) in [5.41, 5.74) is 3.50. The first-order valence-electron chi connectivity index (χ1n) is 8.85. The molecule has 0 radical (unpaired) electrons. The van der Waals surface area contributed by atoms with Crippen molar-refractivity contribution in [1.29, 1.82) is 0 Å². The molecule has 26 heavy (non-hydrogen) atoms. The molecule has 0 unspecified atom stereocenters. The molecule has 0 fully saturated rings. The Labute approximate surface area is 154 Å². The summed E-state index contributed by atoms with van der Waals surface area (Å²) >= 11 is 0. The molecule has 0 amide bonds. The maximum atomic E-state index is 11.8. The molecule has 2 rings (SSSR count). The zero-order chi connectivity index (χ0) is 19.4. The van der Waals surface area contributed by atoms with Gasteiger partial charge in [0, 0.05) is 0 Å². The van der Waals surface area contributed by atoms with E-state index in [1.54, 1.807) is 0 Å². The highest BCUT2D eigenvalue weighted by Crippen LogP contribution is 2.44. The average Bonchev–Trinajstić information content (AvgIpc) is 2.54. The van der Waals surface area contributed by atoms with Crippen molar-refractivity contribution in [1.82, 2.24) is 0 Å². The maximum absolute atomic E-state index is 11.8. The molecule has 0 spiro atoms. The third kappa shape index (κ3) is 3.90. The molecular weight excluding hydrogens is 328 g/mol. The van der Waals surface area contributed by atoms with Crippen LogP contribution in [0.4, 0.5) is 0 Å². The van der Waals surface area contributed by atoms with Crippen LogP contribution >= 0.6 is 0 Å². The van der Waals surface area contributed by atoms with Crippen molar-refractivity contribution < 1.29 is 20.1 Å². The van der Waals surface area contributed by atoms with Crippen LogP contribution in [0.2, 0.25) is 0 Å². The molecule has 4 heteroatoms. The SMILES string of the molecule is C=C(C)c1ccc(C)cc1-c1c(O)cc(CCCCC)c(C(=O)O)c1O. The number of phenolic OH excluding ortho intramolecular Hbond substituents is 1. The number of carboxylic acid groups (broad SMARTS) is 1. The Morgan fingerprint density at radius 3 is 2.42 bits per heavy atom. The Kier molecular flexibility index (Phi) is 6.09. The van der Waals surface area contributed by atoms with E-state index in [0.29, 0.717) is 17.5 Å². The summed E-state index contributed by atoms with van der Waals surface area (Å²) in [6, 6.07) is 7.07. The van der Waals surface area contributed by atoms with Crippen LogP contribution in [-0.2, 0) is 6.42 Å². The summed E-state index contributed by atoms with van der Waals surface area (Å²) < 4.78 is 0. The van der Waals surface area contributed by atoms with Crippen molar-refractivity contribution in [2.24, 2.45) is 0 Å². The first kappa shape index (κ1) is 19.6. The van der Waals surface area contributed by atoms with Gasteiger partial charge in [0.05, 0.1) is 5.56 Å². The van der Waals surface area contributed by atoms with E-state index in [1.807, 2.05) is 32.0 Å². The number of carboxylic acids is 1. The standard InChI is InChI=1S/C22H26O4/c1-5-6-7-8-15-12-18(23)20(21(24)19(15)22(25)26)17-11-14(4)9-10-16(17)13(2)3/h9-12,23-24H,2,5-8H2,1,3-4H3,(H,25,26). The summed E-state index contributed by atoms with van der Waals surface area (Å²) in [7, 11) is 0. The minimum Gasteiger partial charge on any atom is -0.507 e. The number of hydrogen-bond donors (Lipinski definition) is 3. The predicted molar refractivity (Wildman–Crippen MR) is 105 cm³/mol. The van der Waals surface area contributed by atoms with Crippen molar-refractivity contribution in [2.45, 2.75) is 46.5 Å². The van der Waals surface area contributed by atoms with Gasteiger partial charge in [0.1, 0.15) is 17.1 Å². The fourth-order valence-electron chi connectivity index (χ4n) is 3.21. The van der Waals surface area contributed by atoms with Gasteiger partial charge in [-0.25, -0.2) is 4.79 Å². The number of hydrogen-bond acceptors (Lipinski definition) is 3. The van der Waals surface area contributed by atoms with E-state index in [0.717, 1.165) is 36.0 Å². The van der Waals surface area contributed by atoms with Gasteiger partial charge in [0.2, 0.25) is 0 Å². The second kappa shape index (κ2) is 8.09. The molecule has 0 aliphatic carbocycles. The van der Waals surface area contributed by atoms with Gasteiger partial charge < -0.3 is 15.3 Å². The zero-order valence-corrected chi connectivity index (χ0v) is 15.6. The number of unbranched alkanes of at least 4 members (excludes halogenated alkanes) is 2. The van der Waals surface area contributed by atoms with Crippen LogP contribution in [0, 0.1) is 6.92 Å². The molecule has 0 aromatic heterocycles. The normalized spacial score (nSPS) is 10.7. The molecule has 0 aliphatic rings. The minimum absolute atomic E-state index is 0.118. The van der Waals surface area contributed by atoms with Crippen molar-refractivity contribution in [3.05, 3.63) is 53.1 Å². The van der Waals surface area contributed by atoms with E-state index in [9.17, 15) is 20.1 Å². The van der Waals surface area contributed by atoms with E-state index in [1.165, 1.54) is 6.07 Å². The zero-order valence-electron chi connectivity index (χ0n) is 15.6. The lowest BCUT2D eigenvalue weighted by molar-refractivity contribution is 0.0692. The summed E-state index contributed by atoms with van der Waals surface area (Å²) in [5, 5.41) is 31.0. The highest BCUT2D eigenvalue weighted by molar-refractivity contribution is 5.98. The molecule has 4 nitrogen and oxygen atoms in total. The highest BCUT2D eigenvalue weighted by Gasteiger charge is 2.24. The van der Waals surface area contributed by atoms with Crippen LogP contribution in [-0.4, -0.2) is 21.3 Å². The number of aryl methyl sites for hydroxylation is 2. The fraction of sp³-hybridized carbons (Fsp3) is 0.318. The van der Waals surface area contributed by atoms with Gasteiger partial charge in [-0.1, -0.05) is 55.7 Å². The van der Waals surface area contributed by atoms with Gasteiger partial charge in [-0.15, -0.1) is 0 Å². The molecule has 0 bridgehead atoms. The van der Waals surface area contributed by atoms with Gasteiger partial charge in [0.25, 0.3) is 0 Å². The highest BCUT2D eigenvalue weighted by atomic mass is 16.4. The molecule has 0 saturated heterocycles. The van der Waals surface area contributed by atoms with Gasteiger partial charge in [-0.05, 0) is 49.4 Å². The Bertz CT molecular complexity index is 850. The molecule has 0 heterocycles. The summed E-state index contributed by atoms with van der Waals surface area (Å²) in [6.45, 7) is 9.74. The first-order chi connectivity index (χ1) is 12.3. The summed E-state index contributed by atoms with van der Waals surface area (Å²) in [6.07, 6.45) is 3.26. The van der Waals surface area contributed by atoms with Crippen LogP contribution < -0.4 is 0 Å². The fourth-order valence-corrected chi connectivity index (χ4v) is 3.21. The molecule has 2 aromatic rings. The molecule has 0 aliphatic heterocycles. The Morgan fingerprint density at radius 1 is 1.15 bits per heavy atom. The number of aromatic hydroxyl groups is 2. The topological polar surface area (TPSA) is 77.8 Å². The average molecular weight is 354 g/mol. The second-order valence-corrected chi connectivity index (χ2v) is 6.75. The lowest BCUT2D eigenvalue weighted by Gasteiger charge is -2.17. The lowest BCUT2D eigenvalue weighted by Crippen LogP contribution is -2.05. The van der Waals surface area contributed by atoms with E-state index in [4.69, 9.17) is 0 Å². The number of rotatable bonds is 7. The van der Waals surface area contributed by atoms with Crippen LogP contribution in [0.1, 0.15) is 60.2 Å². The smallest absolute Gasteiger partial charge is 0.339 e. The van der Waals surface area contributed by atoms with Crippen molar-refractivity contribution >= 4 is 11.5 Å². The third-order valence-corrected chi connectivity index (χ3v) is 4.53. The van der Waals surface area contributed by atoms with E-state index >= 15 is 0 Å². The van der Waals surface area contributed by atoms with Crippen LogP contribution in [0.15, 0.2) is 30.8 Å². The molecular formula is C22H26O4. The number of aromatic carboxylic acids is 1. The van der Waals surface area contributed by atoms with Crippen molar-refractivity contribution in [3.63, 3.8) is 0 Å². The third-order valence-electron chi connectivity index (χ3n) is 4.53. The van der Waals surface area contributed by atoms with Crippen LogP contribution in [0.5, 0.6) is 11.5 Å². The molecule has 2 aromatic carbocycles. The van der Waals surface area contributed by atoms with Crippen molar-refractivity contribution in [2.75, 3.05) is 0 Å². The number of phenols is 2. The predicted octanol–water partition coefficient (Wildman–Crippen LogP) is 5.54. The van der Waals surface area contributed by atoms with Gasteiger partial charge in [0.15, 0.2) is 0 Å². The Balaban J connectivity index is 2.72. The van der Waals surface area contributed by atoms with E-state index < -0.39 is 11.7 Å². The monoisotopic (exact) mass is 354 g/mol. The molecule has 3 N–H and O–H groups in total. The van der Waals surface area contributed by atoms with E-state index in [-0.39, 0.29) is 16.9 Å². The van der Waals surface area contributed by atoms with Gasteiger partial charge >= 0.3 is 5.97 Å². The first-order valence-corrected chi connectivity index (χ1v) is 8.85. The molecule has 0 atom stereocenters. The lowest BCUT2D eigenvalue weighted by atomic mass is 9.89. The summed E-state index contributed by atoms with van der Waals surface area (Å²) in [4.78, 5) is 11.8. The Hall–Kier alpha value is -2.75. The second-order valence-electron chi connectivity index (χ2n) is 6.75. The van der Waals surface area contributed by atoms with Crippen LogP contribution in [0.3, 0.4) is 0 Å². The van der Waals surface area contributed by atoms with Crippen molar-refractivity contribution in [3.8, 4) is 22.6 Å². The largest absolute Gasteiger partial charge is 0.507 e. The maximum Gasteiger partial charge on any atom is 0.339 e.